The quantitative estimate of drug-likeness (QED) is 0.404. The molecule has 5 nitrogen and oxygen atoms in total. The average Bonchev–Trinajstić information content (AvgIpc) is 1.94. The zero-order chi connectivity index (χ0) is 7.56. The molecule has 1 aliphatic heterocycles. The first-order chi connectivity index (χ1) is 4.74. The highest BCUT2D eigenvalue weighted by Gasteiger charge is 2.28. The minimum Gasteiger partial charge on any atom is -0.393 e. The Hall–Kier alpha value is -0.200. The van der Waals surface area contributed by atoms with E-state index in [1.807, 2.05) is 0 Å². The van der Waals surface area contributed by atoms with Gasteiger partial charge in [-0.3, -0.25) is 0 Å². The first-order valence-electron chi connectivity index (χ1n) is 2.98. The smallest absolute Gasteiger partial charge is 0.183 e. The van der Waals surface area contributed by atoms with Crippen LogP contribution < -0.4 is 0 Å². The molecule has 1 rings (SSSR count). The van der Waals surface area contributed by atoms with E-state index in [-0.39, 0.29) is 13.2 Å². The fraction of sp³-hybridized carbons (Fsp3) is 1.00. The van der Waals surface area contributed by atoms with E-state index in [2.05, 4.69) is 9.47 Å². The van der Waals surface area contributed by atoms with Crippen molar-refractivity contribution in [3.05, 3.63) is 0 Å². The third kappa shape index (κ3) is 1.65. The largest absolute Gasteiger partial charge is 0.393 e. The fourth-order valence-corrected chi connectivity index (χ4v) is 0.730. The van der Waals surface area contributed by atoms with E-state index in [1.165, 1.54) is 0 Å². The maximum atomic E-state index is 8.87. The van der Waals surface area contributed by atoms with Crippen LogP contribution in [0, 0.1) is 0 Å². The monoisotopic (exact) mass is 150 g/mol. The van der Waals surface area contributed by atoms with E-state index in [1.54, 1.807) is 0 Å². The Bertz CT molecular complexity index is 106. The maximum Gasteiger partial charge on any atom is 0.183 e. The number of hydrogen-bond acceptors (Lipinski definition) is 5. The van der Waals surface area contributed by atoms with Gasteiger partial charge in [-0.05, 0) is 0 Å². The number of aliphatic hydroxyl groups is 3. The van der Waals surface area contributed by atoms with Crippen LogP contribution in [-0.4, -0.2) is 47.2 Å². The van der Waals surface area contributed by atoms with Gasteiger partial charge < -0.3 is 24.8 Å². The summed E-state index contributed by atoms with van der Waals surface area (Å²) in [7, 11) is 0. The Labute approximate surface area is 57.8 Å². The maximum absolute atomic E-state index is 8.87. The van der Waals surface area contributed by atoms with Crippen LogP contribution in [-0.2, 0) is 9.47 Å². The summed E-state index contributed by atoms with van der Waals surface area (Å²) < 4.78 is 9.29. The lowest BCUT2D eigenvalue weighted by atomic mass is 10.3. The van der Waals surface area contributed by atoms with E-state index < -0.39 is 18.7 Å². The molecular formula is C5H10O5. The third-order valence-electron chi connectivity index (χ3n) is 1.24. The Morgan fingerprint density at radius 3 is 2.60 bits per heavy atom. The van der Waals surface area contributed by atoms with Gasteiger partial charge in [-0.1, -0.05) is 0 Å². The summed E-state index contributed by atoms with van der Waals surface area (Å²) in [5.41, 5.74) is 0. The molecule has 3 N–H and O–H groups in total. The minimum absolute atomic E-state index is 0.0579. The summed E-state index contributed by atoms with van der Waals surface area (Å²) in [5, 5.41) is 26.1. The molecule has 60 valence electrons. The standard InChI is InChI=1S/C5H10O5/c6-1-3-5(8)9-2-4(7)10-3/h3-8H,1-2H2. The summed E-state index contributed by atoms with van der Waals surface area (Å²) in [6.07, 6.45) is -3.00. The molecule has 0 aromatic carbocycles. The molecule has 5 heteroatoms. The van der Waals surface area contributed by atoms with Crippen molar-refractivity contribution in [1.29, 1.82) is 0 Å². The molecule has 1 aliphatic rings. The van der Waals surface area contributed by atoms with Crippen LogP contribution in [0.2, 0.25) is 0 Å². The summed E-state index contributed by atoms with van der Waals surface area (Å²) in [6, 6.07) is 0. The molecule has 0 aliphatic carbocycles. The summed E-state index contributed by atoms with van der Waals surface area (Å²) in [6.45, 7) is -0.421. The molecule has 1 saturated heterocycles. The second-order valence-electron chi connectivity index (χ2n) is 2.04. The molecule has 0 amide bonds. The summed E-state index contributed by atoms with van der Waals surface area (Å²) in [4.78, 5) is 0. The van der Waals surface area contributed by atoms with E-state index in [4.69, 9.17) is 15.3 Å². The highest BCUT2D eigenvalue weighted by Crippen LogP contribution is 2.10. The van der Waals surface area contributed by atoms with Gasteiger partial charge in [0, 0.05) is 0 Å². The molecule has 3 unspecified atom stereocenters. The van der Waals surface area contributed by atoms with Crippen molar-refractivity contribution in [3.63, 3.8) is 0 Å². The summed E-state index contributed by atoms with van der Waals surface area (Å²) >= 11 is 0. The van der Waals surface area contributed by atoms with Gasteiger partial charge in [-0.2, -0.15) is 0 Å². The molecule has 0 aromatic rings. The molecule has 1 heterocycles. The minimum atomic E-state index is -1.13. The predicted molar refractivity (Wildman–Crippen MR) is 29.9 cm³/mol. The van der Waals surface area contributed by atoms with Crippen molar-refractivity contribution in [1.82, 2.24) is 0 Å². The van der Waals surface area contributed by atoms with E-state index in [0.29, 0.717) is 0 Å². The predicted octanol–water partition coefficient (Wildman–Crippen LogP) is -1.97. The zero-order valence-corrected chi connectivity index (χ0v) is 5.30. The van der Waals surface area contributed by atoms with Crippen LogP contribution in [0.25, 0.3) is 0 Å². The molecule has 0 aromatic heterocycles. The highest BCUT2D eigenvalue weighted by atomic mass is 16.7. The molecule has 0 radical (unpaired) electrons. The number of rotatable bonds is 1. The molecule has 10 heavy (non-hydrogen) atoms. The third-order valence-corrected chi connectivity index (χ3v) is 1.24. The van der Waals surface area contributed by atoms with Crippen molar-refractivity contribution in [2.45, 2.75) is 18.7 Å². The van der Waals surface area contributed by atoms with Crippen molar-refractivity contribution < 1.29 is 24.8 Å². The van der Waals surface area contributed by atoms with Crippen LogP contribution in [0.3, 0.4) is 0 Å². The second kappa shape index (κ2) is 3.27. The van der Waals surface area contributed by atoms with Crippen molar-refractivity contribution >= 4 is 0 Å². The Morgan fingerprint density at radius 2 is 2.10 bits per heavy atom. The molecule has 1 fully saturated rings. The SMILES string of the molecule is OCC1OC(O)COC1O. The average molecular weight is 150 g/mol. The van der Waals surface area contributed by atoms with Gasteiger partial charge >= 0.3 is 0 Å². The lowest BCUT2D eigenvalue weighted by Crippen LogP contribution is -2.45. The Balaban J connectivity index is 2.38. The van der Waals surface area contributed by atoms with Gasteiger partial charge in [0.1, 0.15) is 12.7 Å². The van der Waals surface area contributed by atoms with Gasteiger partial charge in [-0.25, -0.2) is 0 Å². The Kier molecular flexibility index (Phi) is 2.58. The van der Waals surface area contributed by atoms with Crippen LogP contribution in [0.4, 0.5) is 0 Å². The van der Waals surface area contributed by atoms with E-state index >= 15 is 0 Å². The first-order valence-corrected chi connectivity index (χ1v) is 2.98. The van der Waals surface area contributed by atoms with Gasteiger partial charge in [0.15, 0.2) is 12.6 Å². The number of ether oxygens (including phenoxy) is 2. The summed E-state index contributed by atoms with van der Waals surface area (Å²) in [5.74, 6) is 0. The molecule has 3 atom stereocenters. The highest BCUT2D eigenvalue weighted by molar-refractivity contribution is 4.64. The van der Waals surface area contributed by atoms with Crippen LogP contribution in [0.1, 0.15) is 0 Å². The van der Waals surface area contributed by atoms with Crippen molar-refractivity contribution in [2.24, 2.45) is 0 Å². The van der Waals surface area contributed by atoms with Crippen LogP contribution in [0.5, 0.6) is 0 Å². The molecule has 0 spiro atoms. The number of hydrogen-bond donors (Lipinski definition) is 3. The van der Waals surface area contributed by atoms with Gasteiger partial charge in [0.25, 0.3) is 0 Å². The van der Waals surface area contributed by atoms with Crippen molar-refractivity contribution in [3.8, 4) is 0 Å². The Morgan fingerprint density at radius 1 is 1.40 bits per heavy atom. The van der Waals surface area contributed by atoms with Crippen molar-refractivity contribution in [2.75, 3.05) is 13.2 Å². The number of aliphatic hydroxyl groups excluding tert-OH is 3. The lowest BCUT2D eigenvalue weighted by Gasteiger charge is -2.29. The normalized spacial score (nSPS) is 41.7. The molecule has 0 bridgehead atoms. The van der Waals surface area contributed by atoms with E-state index in [9.17, 15) is 0 Å². The topological polar surface area (TPSA) is 79.2 Å². The van der Waals surface area contributed by atoms with Gasteiger partial charge in [-0.15, -0.1) is 0 Å². The second-order valence-corrected chi connectivity index (χ2v) is 2.04. The lowest BCUT2D eigenvalue weighted by molar-refractivity contribution is -0.304. The van der Waals surface area contributed by atoms with Crippen LogP contribution >= 0.6 is 0 Å². The van der Waals surface area contributed by atoms with Gasteiger partial charge in [0.2, 0.25) is 0 Å². The van der Waals surface area contributed by atoms with Crippen LogP contribution in [0.15, 0.2) is 0 Å². The molecule has 0 saturated carbocycles. The first kappa shape index (κ1) is 7.90. The van der Waals surface area contributed by atoms with E-state index in [0.717, 1.165) is 0 Å². The fourth-order valence-electron chi connectivity index (χ4n) is 0.730. The van der Waals surface area contributed by atoms with Gasteiger partial charge in [0.05, 0.1) is 6.61 Å². The molecular weight excluding hydrogens is 140 g/mol. The zero-order valence-electron chi connectivity index (χ0n) is 5.30.